The van der Waals surface area contributed by atoms with E-state index in [9.17, 15) is 9.59 Å². The molecule has 1 aliphatic rings. The molecule has 0 aromatic heterocycles. The van der Waals surface area contributed by atoms with Crippen molar-refractivity contribution in [3.8, 4) is 0 Å². The fourth-order valence-electron chi connectivity index (χ4n) is 2.25. The van der Waals surface area contributed by atoms with Crippen molar-refractivity contribution in [3.63, 3.8) is 0 Å². The number of unbranched alkanes of at least 4 members (excludes halogenated alkanes) is 7. The molecule has 0 saturated heterocycles. The van der Waals surface area contributed by atoms with Gasteiger partial charge in [-0.1, -0.05) is 51.9 Å². The molecule has 0 aromatic rings. The zero-order valence-electron chi connectivity index (χ0n) is 12.8. The van der Waals surface area contributed by atoms with Gasteiger partial charge in [-0.05, 0) is 6.42 Å². The van der Waals surface area contributed by atoms with Gasteiger partial charge in [-0.25, -0.2) is 0 Å². The molecule has 20 heavy (non-hydrogen) atoms. The highest BCUT2D eigenvalue weighted by Gasteiger charge is 2.20. The summed E-state index contributed by atoms with van der Waals surface area (Å²) in [6.07, 6.45) is 10.2. The highest BCUT2D eigenvalue weighted by molar-refractivity contribution is 6.06. The first-order valence-corrected chi connectivity index (χ1v) is 7.76. The zero-order chi connectivity index (χ0) is 14.8. The molecule has 114 valence electrons. The summed E-state index contributed by atoms with van der Waals surface area (Å²) in [6.45, 7) is 2.48. The summed E-state index contributed by atoms with van der Waals surface area (Å²) in [4.78, 5) is 28.2. The van der Waals surface area contributed by atoms with Gasteiger partial charge in [-0.3, -0.25) is 14.9 Å². The van der Waals surface area contributed by atoms with E-state index >= 15 is 0 Å². The Hall–Kier alpha value is -1.39. The molecule has 0 aromatic carbocycles. The van der Waals surface area contributed by atoms with Crippen molar-refractivity contribution in [1.29, 1.82) is 0 Å². The van der Waals surface area contributed by atoms with Gasteiger partial charge in [0, 0.05) is 13.5 Å². The van der Waals surface area contributed by atoms with Gasteiger partial charge in [0.05, 0.1) is 0 Å². The molecule has 0 atom stereocenters. The number of amides is 2. The molecule has 0 spiro atoms. The first-order valence-electron chi connectivity index (χ1n) is 7.76. The molecule has 1 heterocycles. The van der Waals surface area contributed by atoms with Crippen molar-refractivity contribution in [1.82, 2.24) is 10.2 Å². The Labute approximate surface area is 121 Å². The van der Waals surface area contributed by atoms with Gasteiger partial charge in [0.2, 0.25) is 11.9 Å². The largest absolute Gasteiger partial charge is 0.336 e. The van der Waals surface area contributed by atoms with Gasteiger partial charge < -0.3 is 4.90 Å². The van der Waals surface area contributed by atoms with Crippen molar-refractivity contribution in [2.45, 2.75) is 64.7 Å². The Kier molecular flexibility index (Phi) is 7.92. The minimum Gasteiger partial charge on any atom is -0.336 e. The van der Waals surface area contributed by atoms with Crippen molar-refractivity contribution >= 4 is 17.8 Å². The normalized spacial score (nSPS) is 14.6. The molecule has 0 bridgehead atoms. The minimum atomic E-state index is -0.199. The van der Waals surface area contributed by atoms with E-state index in [0.29, 0.717) is 12.4 Å². The second-order valence-electron chi connectivity index (χ2n) is 5.46. The predicted molar refractivity (Wildman–Crippen MR) is 80.4 cm³/mol. The van der Waals surface area contributed by atoms with Crippen LogP contribution in [0.15, 0.2) is 4.99 Å². The number of carbonyl (C=O) groups excluding carboxylic acids is 2. The first kappa shape index (κ1) is 16.7. The van der Waals surface area contributed by atoms with Crippen LogP contribution >= 0.6 is 0 Å². The highest BCUT2D eigenvalue weighted by Crippen LogP contribution is 2.09. The Balaban J connectivity index is 2.01. The summed E-state index contributed by atoms with van der Waals surface area (Å²) in [6, 6.07) is 0. The topological polar surface area (TPSA) is 61.8 Å². The van der Waals surface area contributed by atoms with Crippen LogP contribution in [0.3, 0.4) is 0 Å². The van der Waals surface area contributed by atoms with Crippen LogP contribution in [0.4, 0.5) is 0 Å². The minimum absolute atomic E-state index is 0.0451. The molecule has 5 nitrogen and oxygen atoms in total. The summed E-state index contributed by atoms with van der Waals surface area (Å²) < 4.78 is 0. The van der Waals surface area contributed by atoms with Crippen LogP contribution in [0.5, 0.6) is 0 Å². The third-order valence-corrected chi connectivity index (χ3v) is 3.47. The van der Waals surface area contributed by atoms with Crippen molar-refractivity contribution in [3.05, 3.63) is 0 Å². The Morgan fingerprint density at radius 1 is 1.15 bits per heavy atom. The lowest BCUT2D eigenvalue weighted by Gasteiger charge is -2.13. The summed E-state index contributed by atoms with van der Waals surface area (Å²) in [5.74, 6) is 0.144. The molecule has 0 saturated carbocycles. The average molecular weight is 281 g/mol. The fourth-order valence-corrected chi connectivity index (χ4v) is 2.25. The predicted octanol–water partition coefficient (Wildman–Crippen LogP) is 2.46. The van der Waals surface area contributed by atoms with Crippen LogP contribution in [0.2, 0.25) is 0 Å². The van der Waals surface area contributed by atoms with Gasteiger partial charge in [0.25, 0.3) is 5.91 Å². The van der Waals surface area contributed by atoms with E-state index in [4.69, 9.17) is 0 Å². The molecule has 0 fully saturated rings. The number of likely N-dealkylation sites (N-methyl/N-ethyl adjacent to an activating group) is 1. The quantitative estimate of drug-likeness (QED) is 0.660. The molecular weight excluding hydrogens is 254 g/mol. The van der Waals surface area contributed by atoms with Gasteiger partial charge in [0.15, 0.2) is 0 Å². The third-order valence-electron chi connectivity index (χ3n) is 3.47. The van der Waals surface area contributed by atoms with E-state index in [1.165, 1.54) is 38.5 Å². The lowest BCUT2D eigenvalue weighted by molar-refractivity contribution is -0.120. The van der Waals surface area contributed by atoms with Crippen LogP contribution in [0.1, 0.15) is 64.7 Å². The maximum Gasteiger partial charge on any atom is 0.268 e. The van der Waals surface area contributed by atoms with E-state index in [-0.39, 0.29) is 18.4 Å². The summed E-state index contributed by atoms with van der Waals surface area (Å²) >= 11 is 0. The average Bonchev–Trinajstić information content (AvgIpc) is 2.71. The van der Waals surface area contributed by atoms with Crippen LogP contribution in [-0.2, 0) is 9.59 Å². The van der Waals surface area contributed by atoms with Crippen molar-refractivity contribution in [2.24, 2.45) is 4.99 Å². The van der Waals surface area contributed by atoms with E-state index in [0.717, 1.165) is 12.8 Å². The Bertz CT molecular complexity index is 353. The number of guanidine groups is 1. The van der Waals surface area contributed by atoms with Gasteiger partial charge >= 0.3 is 0 Å². The fraction of sp³-hybridized carbons (Fsp3) is 0.800. The van der Waals surface area contributed by atoms with E-state index in [1.54, 1.807) is 11.9 Å². The van der Waals surface area contributed by atoms with E-state index < -0.39 is 0 Å². The summed E-state index contributed by atoms with van der Waals surface area (Å²) in [5.41, 5.74) is 0. The van der Waals surface area contributed by atoms with Crippen LogP contribution in [-0.4, -0.2) is 36.3 Å². The van der Waals surface area contributed by atoms with E-state index in [1.807, 2.05) is 0 Å². The van der Waals surface area contributed by atoms with E-state index in [2.05, 4.69) is 17.2 Å². The number of aliphatic imine (C=N–C) groups is 1. The maximum absolute atomic E-state index is 11.7. The third kappa shape index (κ3) is 6.68. The maximum atomic E-state index is 11.7. The molecule has 1 rings (SSSR count). The van der Waals surface area contributed by atoms with Crippen LogP contribution in [0, 0.1) is 0 Å². The molecular formula is C15H27N3O2. The number of nitrogens with one attached hydrogen (secondary N) is 1. The van der Waals surface area contributed by atoms with Crippen molar-refractivity contribution < 1.29 is 9.59 Å². The monoisotopic (exact) mass is 281 g/mol. The molecule has 5 heteroatoms. The van der Waals surface area contributed by atoms with Crippen molar-refractivity contribution in [2.75, 3.05) is 13.6 Å². The lowest BCUT2D eigenvalue weighted by atomic mass is 10.1. The second kappa shape index (κ2) is 9.50. The number of rotatable bonds is 9. The second-order valence-corrected chi connectivity index (χ2v) is 5.46. The SMILES string of the molecule is CCCCCCCCCCC(=O)NC1=NC(=O)CN1C. The van der Waals surface area contributed by atoms with Gasteiger partial charge in [-0.15, -0.1) is 0 Å². The lowest BCUT2D eigenvalue weighted by Crippen LogP contribution is -2.39. The molecule has 0 unspecified atom stereocenters. The first-order chi connectivity index (χ1) is 9.63. The molecule has 0 radical (unpaired) electrons. The Morgan fingerprint density at radius 3 is 2.30 bits per heavy atom. The Morgan fingerprint density at radius 2 is 1.75 bits per heavy atom. The molecule has 1 N–H and O–H groups in total. The van der Waals surface area contributed by atoms with Crippen LogP contribution < -0.4 is 5.32 Å². The standard InChI is InChI=1S/C15H27N3O2/c1-3-4-5-6-7-8-9-10-11-13(19)16-15-17-14(20)12-18(15)2/h3-12H2,1-2H3,(H,16,17,19,20). The summed E-state index contributed by atoms with van der Waals surface area (Å²) in [7, 11) is 1.75. The molecule has 1 aliphatic heterocycles. The number of nitrogens with zero attached hydrogens (tertiary/aromatic N) is 2. The van der Waals surface area contributed by atoms with Crippen LogP contribution in [0.25, 0.3) is 0 Å². The van der Waals surface area contributed by atoms with Gasteiger partial charge in [-0.2, -0.15) is 4.99 Å². The number of carbonyl (C=O) groups is 2. The molecule has 0 aliphatic carbocycles. The summed E-state index contributed by atoms with van der Waals surface area (Å²) in [5, 5.41) is 2.69. The smallest absolute Gasteiger partial charge is 0.268 e. The number of hydrogen-bond donors (Lipinski definition) is 1. The number of hydrogen-bond acceptors (Lipinski definition) is 3. The highest BCUT2D eigenvalue weighted by atomic mass is 16.2. The molecule has 2 amide bonds. The zero-order valence-corrected chi connectivity index (χ0v) is 12.8. The van der Waals surface area contributed by atoms with Gasteiger partial charge in [0.1, 0.15) is 6.54 Å².